The van der Waals surface area contributed by atoms with Crippen molar-refractivity contribution >= 4 is 0 Å². The first-order valence-corrected chi connectivity index (χ1v) is 6.40. The number of fused-ring (bicyclic) bond motifs is 1. The van der Waals surface area contributed by atoms with Crippen LogP contribution in [0.4, 0.5) is 0 Å². The molecule has 1 unspecified atom stereocenters. The third-order valence-corrected chi connectivity index (χ3v) is 3.75. The van der Waals surface area contributed by atoms with E-state index in [4.69, 9.17) is 9.97 Å². The average molecular weight is 217 g/mol. The van der Waals surface area contributed by atoms with Gasteiger partial charge in [-0.1, -0.05) is 13.8 Å². The Morgan fingerprint density at radius 3 is 2.81 bits per heavy atom. The summed E-state index contributed by atoms with van der Waals surface area (Å²) in [4.78, 5) is 9.55. The molecule has 1 N–H and O–H groups in total. The highest BCUT2D eigenvalue weighted by Gasteiger charge is 2.31. The Labute approximate surface area is 96.7 Å². The molecule has 1 atom stereocenters. The monoisotopic (exact) mass is 217 g/mol. The molecule has 1 aliphatic carbocycles. The molecule has 86 valence electrons. The van der Waals surface area contributed by atoms with Gasteiger partial charge in [0.25, 0.3) is 0 Å². The van der Waals surface area contributed by atoms with Crippen LogP contribution in [0.5, 0.6) is 0 Å². The number of hydrogen-bond acceptors (Lipinski definition) is 3. The van der Waals surface area contributed by atoms with Crippen LogP contribution in [0.1, 0.15) is 67.7 Å². The summed E-state index contributed by atoms with van der Waals surface area (Å²) in [5.74, 6) is 2.29. The second-order valence-electron chi connectivity index (χ2n) is 5.08. The van der Waals surface area contributed by atoms with Crippen LogP contribution in [0.25, 0.3) is 0 Å². The molecule has 0 bridgehead atoms. The van der Waals surface area contributed by atoms with E-state index in [0.29, 0.717) is 5.92 Å². The molecule has 2 aliphatic rings. The molecule has 1 aromatic rings. The minimum Gasteiger partial charge on any atom is -0.307 e. The van der Waals surface area contributed by atoms with E-state index in [1.165, 1.54) is 29.8 Å². The second kappa shape index (κ2) is 3.81. The van der Waals surface area contributed by atoms with Gasteiger partial charge >= 0.3 is 0 Å². The Morgan fingerprint density at radius 2 is 2.12 bits per heavy atom. The second-order valence-corrected chi connectivity index (χ2v) is 5.08. The summed E-state index contributed by atoms with van der Waals surface area (Å²) in [5.41, 5.74) is 4.01. The summed E-state index contributed by atoms with van der Waals surface area (Å²) in [6.45, 7) is 6.33. The van der Waals surface area contributed by atoms with E-state index in [0.717, 1.165) is 31.3 Å². The lowest BCUT2D eigenvalue weighted by Gasteiger charge is -2.12. The Kier molecular flexibility index (Phi) is 2.43. The van der Waals surface area contributed by atoms with Crippen LogP contribution >= 0.6 is 0 Å². The molecule has 1 saturated carbocycles. The highest BCUT2D eigenvalue weighted by Crippen LogP contribution is 2.42. The Morgan fingerprint density at radius 1 is 1.31 bits per heavy atom. The lowest BCUT2D eigenvalue weighted by Crippen LogP contribution is -2.07. The molecule has 0 saturated heterocycles. The first kappa shape index (κ1) is 10.2. The zero-order valence-electron chi connectivity index (χ0n) is 10.1. The lowest BCUT2D eigenvalue weighted by molar-refractivity contribution is 0.662. The van der Waals surface area contributed by atoms with Crippen molar-refractivity contribution in [1.82, 2.24) is 15.3 Å². The van der Waals surface area contributed by atoms with Gasteiger partial charge in [-0.2, -0.15) is 0 Å². The lowest BCUT2D eigenvalue weighted by atomic mass is 10.1. The molecule has 3 rings (SSSR count). The van der Waals surface area contributed by atoms with Gasteiger partial charge in [0.1, 0.15) is 5.82 Å². The number of nitrogens with zero attached hydrogens (tertiary/aromatic N) is 2. The fourth-order valence-corrected chi connectivity index (χ4v) is 2.31. The zero-order valence-corrected chi connectivity index (χ0v) is 10.1. The van der Waals surface area contributed by atoms with E-state index in [1.54, 1.807) is 0 Å². The quantitative estimate of drug-likeness (QED) is 0.845. The number of rotatable bonds is 3. The smallest absolute Gasteiger partial charge is 0.131 e. The Balaban J connectivity index is 2.05. The molecule has 3 heteroatoms. The molecule has 16 heavy (non-hydrogen) atoms. The van der Waals surface area contributed by atoms with Gasteiger partial charge in [0, 0.05) is 30.5 Å². The maximum Gasteiger partial charge on any atom is 0.131 e. The molecule has 0 aromatic carbocycles. The fourth-order valence-electron chi connectivity index (χ4n) is 2.31. The van der Waals surface area contributed by atoms with Gasteiger partial charge in [0.05, 0.1) is 11.4 Å². The zero-order chi connectivity index (χ0) is 11.1. The van der Waals surface area contributed by atoms with Crippen LogP contribution in [0, 0.1) is 0 Å². The van der Waals surface area contributed by atoms with Crippen molar-refractivity contribution in [1.29, 1.82) is 0 Å². The van der Waals surface area contributed by atoms with Gasteiger partial charge in [-0.3, -0.25) is 0 Å². The van der Waals surface area contributed by atoms with Gasteiger partial charge in [-0.15, -0.1) is 0 Å². The van der Waals surface area contributed by atoms with E-state index in [9.17, 15) is 0 Å². The van der Waals surface area contributed by atoms with E-state index in [-0.39, 0.29) is 0 Å². The highest BCUT2D eigenvalue weighted by molar-refractivity contribution is 5.34. The summed E-state index contributed by atoms with van der Waals surface area (Å²) in [5, 5.41) is 3.39. The number of aromatic nitrogens is 2. The van der Waals surface area contributed by atoms with Crippen LogP contribution < -0.4 is 5.32 Å². The predicted octanol–water partition coefficient (Wildman–Crippen LogP) is 2.47. The SMILES string of the molecule is CCC(C)c1nc2c(c(C3CC3)n1)CNC2. The largest absolute Gasteiger partial charge is 0.307 e. The highest BCUT2D eigenvalue weighted by atomic mass is 15.0. The maximum absolute atomic E-state index is 4.83. The molecule has 2 heterocycles. The number of hydrogen-bond donors (Lipinski definition) is 1. The molecule has 0 radical (unpaired) electrons. The van der Waals surface area contributed by atoms with Crippen molar-refractivity contribution < 1.29 is 0 Å². The molecule has 1 aliphatic heterocycles. The molecular weight excluding hydrogens is 198 g/mol. The summed E-state index contributed by atoms with van der Waals surface area (Å²) in [6.07, 6.45) is 3.77. The first-order valence-electron chi connectivity index (χ1n) is 6.40. The third kappa shape index (κ3) is 1.63. The normalized spacial score (nSPS) is 20.9. The standard InChI is InChI=1S/C13H19N3/c1-3-8(2)13-15-11-7-14-6-10(11)12(16-13)9-4-5-9/h8-9,14H,3-7H2,1-2H3. The Bertz CT molecular complexity index is 410. The van der Waals surface area contributed by atoms with Crippen molar-refractivity contribution in [2.24, 2.45) is 0 Å². The minimum atomic E-state index is 0.489. The van der Waals surface area contributed by atoms with Crippen LogP contribution in [-0.2, 0) is 13.1 Å². The molecule has 3 nitrogen and oxygen atoms in total. The molecule has 0 spiro atoms. The van der Waals surface area contributed by atoms with Crippen molar-refractivity contribution in [3.8, 4) is 0 Å². The summed E-state index contributed by atoms with van der Waals surface area (Å²) < 4.78 is 0. The number of nitrogens with one attached hydrogen (secondary N) is 1. The van der Waals surface area contributed by atoms with Crippen molar-refractivity contribution in [2.75, 3.05) is 0 Å². The van der Waals surface area contributed by atoms with Crippen molar-refractivity contribution in [2.45, 2.75) is 58.0 Å². The molecular formula is C13H19N3. The van der Waals surface area contributed by atoms with Gasteiger partial charge in [-0.25, -0.2) is 9.97 Å². The van der Waals surface area contributed by atoms with Crippen molar-refractivity contribution in [3.05, 3.63) is 22.8 Å². The summed E-state index contributed by atoms with van der Waals surface area (Å²) in [6, 6.07) is 0. The van der Waals surface area contributed by atoms with Crippen LogP contribution in [0.3, 0.4) is 0 Å². The van der Waals surface area contributed by atoms with Crippen molar-refractivity contribution in [3.63, 3.8) is 0 Å². The Hall–Kier alpha value is -0.960. The fraction of sp³-hybridized carbons (Fsp3) is 0.692. The average Bonchev–Trinajstić information content (AvgIpc) is 3.04. The van der Waals surface area contributed by atoms with E-state index in [2.05, 4.69) is 19.2 Å². The van der Waals surface area contributed by atoms with Crippen LogP contribution in [-0.4, -0.2) is 9.97 Å². The van der Waals surface area contributed by atoms with Crippen LogP contribution in [0.15, 0.2) is 0 Å². The van der Waals surface area contributed by atoms with Gasteiger partial charge in [0.2, 0.25) is 0 Å². The first-order chi connectivity index (χ1) is 7.79. The maximum atomic E-state index is 4.83. The molecule has 0 amide bonds. The van der Waals surface area contributed by atoms with E-state index >= 15 is 0 Å². The van der Waals surface area contributed by atoms with E-state index < -0.39 is 0 Å². The van der Waals surface area contributed by atoms with Gasteiger partial charge in [-0.05, 0) is 19.3 Å². The summed E-state index contributed by atoms with van der Waals surface area (Å²) in [7, 11) is 0. The summed E-state index contributed by atoms with van der Waals surface area (Å²) >= 11 is 0. The van der Waals surface area contributed by atoms with E-state index in [1.807, 2.05) is 0 Å². The van der Waals surface area contributed by atoms with Crippen LogP contribution in [0.2, 0.25) is 0 Å². The predicted molar refractivity (Wildman–Crippen MR) is 63.3 cm³/mol. The third-order valence-electron chi connectivity index (χ3n) is 3.75. The molecule has 1 fully saturated rings. The van der Waals surface area contributed by atoms with Gasteiger partial charge < -0.3 is 5.32 Å². The molecule has 1 aromatic heterocycles. The minimum absolute atomic E-state index is 0.489. The topological polar surface area (TPSA) is 37.8 Å². The van der Waals surface area contributed by atoms with Gasteiger partial charge in [0.15, 0.2) is 0 Å².